The third-order valence-electron chi connectivity index (χ3n) is 4.86. The molecule has 0 radical (unpaired) electrons. The van der Waals surface area contributed by atoms with Crippen LogP contribution < -0.4 is 10.2 Å². The summed E-state index contributed by atoms with van der Waals surface area (Å²) >= 11 is 7.14. The van der Waals surface area contributed by atoms with Gasteiger partial charge in [0.15, 0.2) is 10.9 Å². The zero-order valence-electron chi connectivity index (χ0n) is 15.5. The van der Waals surface area contributed by atoms with E-state index in [2.05, 4.69) is 20.1 Å². The second kappa shape index (κ2) is 8.61. The summed E-state index contributed by atoms with van der Waals surface area (Å²) in [4.78, 5) is 20.8. The van der Waals surface area contributed by atoms with Gasteiger partial charge in [0.1, 0.15) is 11.3 Å². The third-order valence-corrected chi connectivity index (χ3v) is 6.18. The van der Waals surface area contributed by atoms with Crippen LogP contribution in [0.4, 0.5) is 13.9 Å². The highest BCUT2D eigenvalue weighted by Gasteiger charge is 2.21. The van der Waals surface area contributed by atoms with Gasteiger partial charge >= 0.3 is 0 Å². The maximum absolute atomic E-state index is 13.9. The van der Waals surface area contributed by atoms with Gasteiger partial charge in [0.05, 0.1) is 4.70 Å². The largest absolute Gasteiger partial charge is 0.351 e. The van der Waals surface area contributed by atoms with E-state index >= 15 is 0 Å². The van der Waals surface area contributed by atoms with Crippen LogP contribution in [-0.2, 0) is 0 Å². The first-order chi connectivity index (χ1) is 14.0. The van der Waals surface area contributed by atoms with Crippen LogP contribution >= 0.6 is 22.9 Å². The van der Waals surface area contributed by atoms with Crippen LogP contribution in [0.2, 0.25) is 5.02 Å². The average molecular weight is 437 g/mol. The van der Waals surface area contributed by atoms with Crippen molar-refractivity contribution in [2.24, 2.45) is 0 Å². The molecule has 0 aliphatic carbocycles. The van der Waals surface area contributed by atoms with Crippen molar-refractivity contribution < 1.29 is 13.6 Å². The summed E-state index contributed by atoms with van der Waals surface area (Å²) in [6, 6.07) is 8.96. The molecule has 1 aromatic heterocycles. The molecule has 152 valence electrons. The van der Waals surface area contributed by atoms with Crippen molar-refractivity contribution in [1.82, 2.24) is 15.2 Å². The lowest BCUT2D eigenvalue weighted by atomic mass is 10.2. The van der Waals surface area contributed by atoms with Gasteiger partial charge in [-0.05, 0) is 30.3 Å². The fraction of sp³-hybridized carbons (Fsp3) is 0.300. The predicted molar refractivity (Wildman–Crippen MR) is 112 cm³/mol. The number of piperazine rings is 1. The lowest BCUT2D eigenvalue weighted by Gasteiger charge is -2.34. The minimum absolute atomic E-state index is 0.121. The van der Waals surface area contributed by atoms with Gasteiger partial charge in [-0.25, -0.2) is 13.8 Å². The van der Waals surface area contributed by atoms with Crippen LogP contribution in [-0.4, -0.2) is 55.1 Å². The molecule has 5 nitrogen and oxygen atoms in total. The number of hydrogen-bond acceptors (Lipinski definition) is 5. The molecule has 29 heavy (non-hydrogen) atoms. The number of halogens is 3. The molecule has 9 heteroatoms. The predicted octanol–water partition coefficient (Wildman–Crippen LogP) is 3.78. The molecule has 1 saturated heterocycles. The van der Waals surface area contributed by atoms with Gasteiger partial charge in [0, 0.05) is 55.9 Å². The number of rotatable bonds is 5. The van der Waals surface area contributed by atoms with E-state index in [1.165, 1.54) is 17.4 Å². The van der Waals surface area contributed by atoms with Crippen molar-refractivity contribution in [3.8, 4) is 0 Å². The number of aromatic nitrogens is 1. The maximum atomic E-state index is 13.9. The van der Waals surface area contributed by atoms with E-state index in [1.54, 1.807) is 24.3 Å². The molecule has 0 unspecified atom stereocenters. The van der Waals surface area contributed by atoms with E-state index < -0.39 is 11.6 Å². The smallest absolute Gasteiger partial charge is 0.251 e. The van der Waals surface area contributed by atoms with Gasteiger partial charge in [0.25, 0.3) is 5.91 Å². The monoisotopic (exact) mass is 436 g/mol. The number of thiazole rings is 1. The number of nitrogens with one attached hydrogen (secondary N) is 1. The number of hydrogen-bond donors (Lipinski definition) is 1. The Hall–Kier alpha value is -2.29. The highest BCUT2D eigenvalue weighted by molar-refractivity contribution is 7.22. The first kappa shape index (κ1) is 20.0. The summed E-state index contributed by atoms with van der Waals surface area (Å²) in [5.41, 5.74) is 0.803. The molecule has 2 heterocycles. The van der Waals surface area contributed by atoms with Gasteiger partial charge in [0.2, 0.25) is 0 Å². The number of amides is 1. The Labute approximate surface area is 175 Å². The third kappa shape index (κ3) is 4.66. The number of fused-ring (bicyclic) bond motifs is 1. The van der Waals surface area contributed by atoms with Gasteiger partial charge in [-0.3, -0.25) is 9.69 Å². The minimum Gasteiger partial charge on any atom is -0.351 e. The molecule has 1 aliphatic rings. The van der Waals surface area contributed by atoms with E-state index in [9.17, 15) is 13.6 Å². The molecule has 0 atom stereocenters. The van der Waals surface area contributed by atoms with Gasteiger partial charge in [-0.2, -0.15) is 0 Å². The van der Waals surface area contributed by atoms with E-state index in [0.29, 0.717) is 27.0 Å². The molecule has 0 bridgehead atoms. The highest BCUT2D eigenvalue weighted by Crippen LogP contribution is 2.31. The fourth-order valence-corrected chi connectivity index (χ4v) is 4.46. The number of nitrogens with zero attached hydrogens (tertiary/aromatic N) is 3. The normalized spacial score (nSPS) is 15.1. The Balaban J connectivity index is 1.27. The molecule has 2 aromatic carbocycles. The standard InChI is InChI=1S/C20H19ClF2N4OS/c21-14-3-1-13(2-4-14)19(28)24-5-6-26-7-9-27(10-8-26)20-25-18-16(23)11-15(22)12-17(18)29-20/h1-4,11-12H,5-10H2,(H,24,28). The SMILES string of the molecule is O=C(NCCN1CCN(c2nc3c(F)cc(F)cc3s2)CC1)c1ccc(Cl)cc1. The number of carbonyl (C=O) groups is 1. The van der Waals surface area contributed by atoms with Crippen molar-refractivity contribution in [3.63, 3.8) is 0 Å². The second-order valence-corrected chi connectivity index (χ2v) is 8.27. The van der Waals surface area contributed by atoms with Crippen LogP contribution in [0.3, 0.4) is 0 Å². The Morgan fingerprint density at radius 2 is 1.86 bits per heavy atom. The fourth-order valence-electron chi connectivity index (χ4n) is 3.27. The van der Waals surface area contributed by atoms with E-state index in [1.807, 2.05) is 0 Å². The Morgan fingerprint density at radius 3 is 2.59 bits per heavy atom. The van der Waals surface area contributed by atoms with E-state index in [-0.39, 0.29) is 11.4 Å². The molecule has 1 amide bonds. The lowest BCUT2D eigenvalue weighted by Crippen LogP contribution is -2.48. The average Bonchev–Trinajstić information content (AvgIpc) is 3.13. The van der Waals surface area contributed by atoms with Gasteiger partial charge < -0.3 is 10.2 Å². The first-order valence-electron chi connectivity index (χ1n) is 9.26. The van der Waals surface area contributed by atoms with E-state index in [0.717, 1.165) is 38.8 Å². The number of carbonyl (C=O) groups excluding carboxylic acids is 1. The van der Waals surface area contributed by atoms with Crippen LogP contribution in [0.25, 0.3) is 10.2 Å². The van der Waals surface area contributed by atoms with Gasteiger partial charge in [-0.1, -0.05) is 22.9 Å². The molecular formula is C20H19ClF2N4OS. The highest BCUT2D eigenvalue weighted by atomic mass is 35.5. The second-order valence-electron chi connectivity index (χ2n) is 6.82. The van der Waals surface area contributed by atoms with Crippen molar-refractivity contribution in [3.05, 3.63) is 58.6 Å². The lowest BCUT2D eigenvalue weighted by molar-refractivity contribution is 0.0948. The van der Waals surface area contributed by atoms with Crippen LogP contribution in [0.5, 0.6) is 0 Å². The van der Waals surface area contributed by atoms with Crippen LogP contribution in [0.15, 0.2) is 36.4 Å². The molecular weight excluding hydrogens is 418 g/mol. The molecule has 1 aliphatic heterocycles. The summed E-state index contributed by atoms with van der Waals surface area (Å²) in [6.45, 7) is 4.40. The molecule has 0 saturated carbocycles. The zero-order valence-corrected chi connectivity index (χ0v) is 17.1. The van der Waals surface area contributed by atoms with Crippen molar-refractivity contribution in [1.29, 1.82) is 0 Å². The van der Waals surface area contributed by atoms with Crippen molar-refractivity contribution in [2.75, 3.05) is 44.2 Å². The maximum Gasteiger partial charge on any atom is 0.251 e. The minimum atomic E-state index is -0.627. The molecule has 0 spiro atoms. The number of anilines is 1. The van der Waals surface area contributed by atoms with Crippen LogP contribution in [0, 0.1) is 11.6 Å². The molecule has 1 N–H and O–H groups in total. The summed E-state index contributed by atoms with van der Waals surface area (Å²) in [5.74, 6) is -1.34. The summed E-state index contributed by atoms with van der Waals surface area (Å²) in [6.07, 6.45) is 0. The zero-order chi connectivity index (χ0) is 20.4. The number of benzene rings is 2. The van der Waals surface area contributed by atoms with E-state index in [4.69, 9.17) is 11.6 Å². The van der Waals surface area contributed by atoms with Gasteiger partial charge in [-0.15, -0.1) is 0 Å². The Morgan fingerprint density at radius 1 is 1.14 bits per heavy atom. The molecule has 4 rings (SSSR count). The van der Waals surface area contributed by atoms with Crippen LogP contribution in [0.1, 0.15) is 10.4 Å². The first-order valence-corrected chi connectivity index (χ1v) is 10.5. The summed E-state index contributed by atoms with van der Waals surface area (Å²) in [7, 11) is 0. The summed E-state index contributed by atoms with van der Waals surface area (Å²) in [5, 5.41) is 4.22. The topological polar surface area (TPSA) is 48.5 Å². The quantitative estimate of drug-likeness (QED) is 0.661. The Kier molecular flexibility index (Phi) is 5.94. The van der Waals surface area contributed by atoms with Crippen molar-refractivity contribution in [2.45, 2.75) is 0 Å². The van der Waals surface area contributed by atoms with Crippen molar-refractivity contribution >= 4 is 44.2 Å². The molecule has 1 fully saturated rings. The summed E-state index contributed by atoms with van der Waals surface area (Å²) < 4.78 is 27.8. The Bertz CT molecular complexity index is 1020. The molecule has 3 aromatic rings.